The maximum atomic E-state index is 12.8. The monoisotopic (exact) mass is 453 g/mol. The van der Waals surface area contributed by atoms with Crippen LogP contribution in [0.25, 0.3) is 0 Å². The molecule has 0 spiro atoms. The summed E-state index contributed by atoms with van der Waals surface area (Å²) in [7, 11) is 4.90. The van der Waals surface area contributed by atoms with Crippen molar-refractivity contribution >= 4 is 37.5 Å². The van der Waals surface area contributed by atoms with Crippen LogP contribution in [0.3, 0.4) is 0 Å². The zero-order chi connectivity index (χ0) is 20.4. The van der Waals surface area contributed by atoms with Crippen LogP contribution in [0.15, 0.2) is 51.8 Å². The van der Waals surface area contributed by atoms with Gasteiger partial charge in [-0.3, -0.25) is 4.79 Å². The van der Waals surface area contributed by atoms with Crippen molar-refractivity contribution in [3.05, 3.63) is 58.1 Å². The number of sulfonamides is 1. The van der Waals surface area contributed by atoms with E-state index < -0.39 is 10.0 Å². The van der Waals surface area contributed by atoms with Crippen LogP contribution in [0.4, 0.5) is 5.69 Å². The van der Waals surface area contributed by atoms with Gasteiger partial charge in [-0.1, -0.05) is 12.1 Å². The molecule has 0 aliphatic heterocycles. The van der Waals surface area contributed by atoms with Gasteiger partial charge >= 0.3 is 0 Å². The Morgan fingerprint density at radius 2 is 1.56 bits per heavy atom. The molecule has 8 heteroatoms. The first-order valence-electron chi connectivity index (χ1n) is 8.28. The van der Waals surface area contributed by atoms with Gasteiger partial charge in [0.1, 0.15) is 0 Å². The molecule has 1 amide bonds. The summed E-state index contributed by atoms with van der Waals surface area (Å²) in [5.74, 6) is -0.241. The van der Waals surface area contributed by atoms with E-state index in [4.69, 9.17) is 0 Å². The fourth-order valence-corrected chi connectivity index (χ4v) is 4.34. The molecule has 0 aliphatic carbocycles. The first-order chi connectivity index (χ1) is 12.5. The maximum absolute atomic E-state index is 12.8. The molecule has 2 aromatic rings. The third-order valence-electron chi connectivity index (χ3n) is 4.16. The standard InChI is InChI=1S/C19H24BrN3O3S/c1-21(2)16-9-6-14(7-10-16)13-23(5)19(24)15-8-11-17(20)18(12-15)27(25,26)22(3)4/h6-12H,13H2,1-5H3. The maximum Gasteiger partial charge on any atom is 0.253 e. The van der Waals surface area contributed by atoms with Gasteiger partial charge in [-0.15, -0.1) is 0 Å². The SMILES string of the molecule is CN(Cc1ccc(N(C)C)cc1)C(=O)c1ccc(Br)c(S(=O)(=O)N(C)C)c1. The second kappa shape index (κ2) is 8.41. The molecule has 6 nitrogen and oxygen atoms in total. The highest BCUT2D eigenvalue weighted by molar-refractivity contribution is 9.10. The third-order valence-corrected chi connectivity index (χ3v) is 6.96. The first-order valence-corrected chi connectivity index (χ1v) is 10.5. The van der Waals surface area contributed by atoms with E-state index in [1.165, 1.54) is 20.2 Å². The Labute approximate surface area is 169 Å². The minimum Gasteiger partial charge on any atom is -0.378 e. The molecule has 2 rings (SSSR count). The van der Waals surface area contributed by atoms with Crippen molar-refractivity contribution in [2.75, 3.05) is 40.1 Å². The lowest BCUT2D eigenvalue weighted by atomic mass is 10.1. The van der Waals surface area contributed by atoms with Gasteiger partial charge in [0.25, 0.3) is 5.91 Å². The number of halogens is 1. The van der Waals surface area contributed by atoms with Crippen molar-refractivity contribution in [1.29, 1.82) is 0 Å². The number of amides is 1. The van der Waals surface area contributed by atoms with Crippen LogP contribution >= 0.6 is 15.9 Å². The molecule has 0 heterocycles. The molecule has 0 bridgehead atoms. The Hall–Kier alpha value is -1.90. The van der Waals surface area contributed by atoms with Crippen LogP contribution < -0.4 is 4.90 Å². The highest BCUT2D eigenvalue weighted by Gasteiger charge is 2.23. The van der Waals surface area contributed by atoms with E-state index in [-0.39, 0.29) is 10.8 Å². The molecular formula is C19H24BrN3O3S. The first kappa shape index (κ1) is 21.4. The molecule has 0 unspecified atom stereocenters. The Bertz CT molecular complexity index is 926. The molecule has 146 valence electrons. The van der Waals surface area contributed by atoms with Crippen molar-refractivity contribution in [3.8, 4) is 0 Å². The second-order valence-electron chi connectivity index (χ2n) is 6.65. The largest absolute Gasteiger partial charge is 0.378 e. The molecule has 0 radical (unpaired) electrons. The normalized spacial score (nSPS) is 11.5. The number of benzene rings is 2. The molecule has 0 fully saturated rings. The fraction of sp³-hybridized carbons (Fsp3) is 0.316. The van der Waals surface area contributed by atoms with Crippen LogP contribution in [0.1, 0.15) is 15.9 Å². The van der Waals surface area contributed by atoms with Crippen LogP contribution in [0, 0.1) is 0 Å². The molecule has 27 heavy (non-hydrogen) atoms. The molecular weight excluding hydrogens is 430 g/mol. The molecule has 0 aliphatic rings. The summed E-state index contributed by atoms with van der Waals surface area (Å²) >= 11 is 3.26. The van der Waals surface area contributed by atoms with Gasteiger partial charge < -0.3 is 9.80 Å². The van der Waals surface area contributed by atoms with Gasteiger partial charge in [0, 0.05) is 57.5 Å². The number of carbonyl (C=O) groups is 1. The summed E-state index contributed by atoms with van der Waals surface area (Å²) in [6, 6.07) is 12.6. The summed E-state index contributed by atoms with van der Waals surface area (Å²) in [5.41, 5.74) is 2.40. The molecule has 0 N–H and O–H groups in total. The Kier molecular flexibility index (Phi) is 6.67. The average Bonchev–Trinajstić information content (AvgIpc) is 2.61. The zero-order valence-electron chi connectivity index (χ0n) is 16.1. The van der Waals surface area contributed by atoms with E-state index in [1.54, 1.807) is 24.1 Å². The molecule has 2 aromatic carbocycles. The number of rotatable bonds is 6. The summed E-state index contributed by atoms with van der Waals surface area (Å²) in [4.78, 5) is 16.4. The van der Waals surface area contributed by atoms with E-state index in [9.17, 15) is 13.2 Å². The minimum absolute atomic E-state index is 0.0714. The number of hydrogen-bond donors (Lipinski definition) is 0. The van der Waals surface area contributed by atoms with E-state index in [1.807, 2.05) is 43.3 Å². The minimum atomic E-state index is -3.65. The Balaban J connectivity index is 2.24. The lowest BCUT2D eigenvalue weighted by Crippen LogP contribution is -2.27. The van der Waals surface area contributed by atoms with E-state index in [2.05, 4.69) is 15.9 Å². The third kappa shape index (κ3) is 4.88. The predicted molar refractivity (Wildman–Crippen MR) is 112 cm³/mol. The Morgan fingerprint density at radius 1 is 0.963 bits per heavy atom. The topological polar surface area (TPSA) is 60.9 Å². The molecule has 0 saturated carbocycles. The van der Waals surface area contributed by atoms with E-state index in [0.29, 0.717) is 16.6 Å². The summed E-state index contributed by atoms with van der Waals surface area (Å²) in [6.07, 6.45) is 0. The van der Waals surface area contributed by atoms with Gasteiger partial charge in [-0.2, -0.15) is 0 Å². The van der Waals surface area contributed by atoms with Crippen LogP contribution in [-0.4, -0.2) is 58.8 Å². The average molecular weight is 454 g/mol. The van der Waals surface area contributed by atoms with Crippen molar-refractivity contribution < 1.29 is 13.2 Å². The van der Waals surface area contributed by atoms with Gasteiger partial charge in [-0.05, 0) is 51.8 Å². The van der Waals surface area contributed by atoms with Crippen molar-refractivity contribution in [2.45, 2.75) is 11.4 Å². The molecule has 0 atom stereocenters. The quantitative estimate of drug-likeness (QED) is 0.674. The van der Waals surface area contributed by atoms with Crippen molar-refractivity contribution in [2.24, 2.45) is 0 Å². The van der Waals surface area contributed by atoms with Gasteiger partial charge in [0.2, 0.25) is 10.0 Å². The van der Waals surface area contributed by atoms with Crippen molar-refractivity contribution in [3.63, 3.8) is 0 Å². The second-order valence-corrected chi connectivity index (χ2v) is 9.63. The number of anilines is 1. The smallest absolute Gasteiger partial charge is 0.253 e. The highest BCUT2D eigenvalue weighted by atomic mass is 79.9. The van der Waals surface area contributed by atoms with Crippen LogP contribution in [0.5, 0.6) is 0 Å². The lowest BCUT2D eigenvalue weighted by Gasteiger charge is -2.19. The fourth-order valence-electron chi connectivity index (χ4n) is 2.50. The number of carbonyl (C=O) groups excluding carboxylic acids is 1. The molecule has 0 aromatic heterocycles. The summed E-state index contributed by atoms with van der Waals surface area (Å²) in [6.45, 7) is 0.429. The van der Waals surface area contributed by atoms with Gasteiger partial charge in [-0.25, -0.2) is 12.7 Å². The zero-order valence-corrected chi connectivity index (χ0v) is 18.5. The summed E-state index contributed by atoms with van der Waals surface area (Å²) < 4.78 is 26.4. The number of nitrogens with zero attached hydrogens (tertiary/aromatic N) is 3. The van der Waals surface area contributed by atoms with Crippen molar-refractivity contribution in [1.82, 2.24) is 9.21 Å². The van der Waals surface area contributed by atoms with E-state index in [0.717, 1.165) is 15.6 Å². The van der Waals surface area contributed by atoms with Crippen LogP contribution in [-0.2, 0) is 16.6 Å². The van der Waals surface area contributed by atoms with E-state index >= 15 is 0 Å². The van der Waals surface area contributed by atoms with Gasteiger partial charge in [0.05, 0.1) is 4.90 Å². The number of hydrogen-bond acceptors (Lipinski definition) is 4. The lowest BCUT2D eigenvalue weighted by molar-refractivity contribution is 0.0785. The van der Waals surface area contributed by atoms with Gasteiger partial charge in [0.15, 0.2) is 0 Å². The predicted octanol–water partition coefficient (Wildman–Crippen LogP) is 3.04. The van der Waals surface area contributed by atoms with Crippen LogP contribution in [0.2, 0.25) is 0 Å². The Morgan fingerprint density at radius 3 is 2.07 bits per heavy atom. The molecule has 0 saturated heterocycles. The summed E-state index contributed by atoms with van der Waals surface area (Å²) in [5, 5.41) is 0. The highest BCUT2D eigenvalue weighted by Crippen LogP contribution is 2.26.